The van der Waals surface area contributed by atoms with Gasteiger partial charge in [-0.25, -0.2) is 8.78 Å². The minimum Gasteiger partial charge on any atom is -0.491 e. The van der Waals surface area contributed by atoms with Gasteiger partial charge in [0.25, 0.3) is 0 Å². The van der Waals surface area contributed by atoms with Gasteiger partial charge in [0, 0.05) is 0 Å². The molecule has 0 aliphatic rings. The van der Waals surface area contributed by atoms with Crippen molar-refractivity contribution in [2.75, 3.05) is 0 Å². The van der Waals surface area contributed by atoms with Crippen LogP contribution >= 0.6 is 0 Å². The van der Waals surface area contributed by atoms with Gasteiger partial charge in [-0.3, -0.25) is 0 Å². The van der Waals surface area contributed by atoms with Gasteiger partial charge >= 0.3 is 0 Å². The third-order valence-electron chi connectivity index (χ3n) is 2.74. The van der Waals surface area contributed by atoms with Gasteiger partial charge in [-0.1, -0.05) is 26.0 Å². The summed E-state index contributed by atoms with van der Waals surface area (Å²) in [4.78, 5) is 0. The van der Waals surface area contributed by atoms with Crippen LogP contribution in [-0.2, 0) is 6.42 Å². The van der Waals surface area contributed by atoms with Gasteiger partial charge in [-0.2, -0.15) is 0 Å². The number of benzene rings is 2. The van der Waals surface area contributed by atoms with Gasteiger partial charge in [-0.15, -0.1) is 0 Å². The second-order valence-electron chi connectivity index (χ2n) is 5.84. The molecule has 0 spiro atoms. The lowest BCUT2D eigenvalue weighted by Crippen LogP contribution is -2.05. The zero-order chi connectivity index (χ0) is 16.5. The van der Waals surface area contributed by atoms with Crippen molar-refractivity contribution in [1.82, 2.24) is 0 Å². The molecule has 0 heterocycles. The maximum atomic E-state index is 12.4. The average Bonchev–Trinajstić information content (AvgIpc) is 2.44. The van der Waals surface area contributed by atoms with E-state index in [0.29, 0.717) is 11.7 Å². The van der Waals surface area contributed by atoms with E-state index < -0.39 is 0 Å². The number of rotatable bonds is 4. The molecule has 22 heavy (non-hydrogen) atoms. The molecular formula is C19H24F2O. The van der Waals surface area contributed by atoms with Crippen molar-refractivity contribution in [1.29, 1.82) is 0 Å². The highest BCUT2D eigenvalue weighted by molar-refractivity contribution is 5.22. The first kappa shape index (κ1) is 18.1. The molecule has 0 saturated carbocycles. The Bertz CT molecular complexity index is 479. The van der Waals surface area contributed by atoms with Crippen LogP contribution in [0.2, 0.25) is 0 Å². The molecule has 0 aliphatic carbocycles. The molecule has 1 nitrogen and oxygen atoms in total. The zero-order valence-corrected chi connectivity index (χ0v) is 13.6. The lowest BCUT2D eigenvalue weighted by molar-refractivity contribution is 0.242. The van der Waals surface area contributed by atoms with Crippen LogP contribution in [-0.4, -0.2) is 6.10 Å². The summed E-state index contributed by atoms with van der Waals surface area (Å²) < 4.78 is 30.1. The highest BCUT2D eigenvalue weighted by Gasteiger charge is 1.97. The average molecular weight is 306 g/mol. The molecule has 120 valence electrons. The molecule has 0 saturated heterocycles. The Kier molecular flexibility index (Phi) is 7.58. The second kappa shape index (κ2) is 9.19. The molecule has 0 aliphatic heterocycles. The van der Waals surface area contributed by atoms with Crippen molar-refractivity contribution in [3.63, 3.8) is 0 Å². The maximum absolute atomic E-state index is 12.4. The van der Waals surface area contributed by atoms with Gasteiger partial charge in [0.05, 0.1) is 6.10 Å². The van der Waals surface area contributed by atoms with Crippen LogP contribution in [0.5, 0.6) is 5.75 Å². The molecule has 2 aromatic carbocycles. The number of hydrogen-bond donors (Lipinski definition) is 0. The predicted octanol–water partition coefficient (Wildman–Crippen LogP) is 5.64. The van der Waals surface area contributed by atoms with Crippen molar-refractivity contribution < 1.29 is 13.5 Å². The molecule has 0 fully saturated rings. The van der Waals surface area contributed by atoms with E-state index in [1.165, 1.54) is 29.8 Å². The highest BCUT2D eigenvalue weighted by atomic mass is 19.1. The zero-order valence-electron chi connectivity index (χ0n) is 13.6. The summed E-state index contributed by atoms with van der Waals surface area (Å²) in [6, 6.07) is 12.7. The molecule has 0 N–H and O–H groups in total. The summed E-state index contributed by atoms with van der Waals surface area (Å²) in [7, 11) is 0. The third-order valence-corrected chi connectivity index (χ3v) is 2.74. The monoisotopic (exact) mass is 306 g/mol. The van der Waals surface area contributed by atoms with Gasteiger partial charge in [0.1, 0.15) is 17.4 Å². The largest absolute Gasteiger partial charge is 0.491 e. The van der Waals surface area contributed by atoms with E-state index in [-0.39, 0.29) is 17.7 Å². The number of ether oxygens (including phenoxy) is 1. The first-order chi connectivity index (χ1) is 10.4. The molecule has 0 bridgehead atoms. The van der Waals surface area contributed by atoms with E-state index in [2.05, 4.69) is 13.8 Å². The first-order valence-electron chi connectivity index (χ1n) is 7.53. The molecule has 3 heteroatoms. The minimum absolute atomic E-state index is 0.139. The van der Waals surface area contributed by atoms with E-state index >= 15 is 0 Å². The Morgan fingerprint density at radius 1 is 0.773 bits per heavy atom. The summed E-state index contributed by atoms with van der Waals surface area (Å²) in [5, 5.41) is 0. The lowest BCUT2D eigenvalue weighted by Gasteiger charge is -2.08. The van der Waals surface area contributed by atoms with Gasteiger partial charge < -0.3 is 4.74 Å². The van der Waals surface area contributed by atoms with Crippen LogP contribution in [0.15, 0.2) is 48.5 Å². The van der Waals surface area contributed by atoms with E-state index in [1.807, 2.05) is 26.0 Å². The fraction of sp³-hybridized carbons (Fsp3) is 0.368. The predicted molar refractivity (Wildman–Crippen MR) is 87.1 cm³/mol. The molecular weight excluding hydrogens is 282 g/mol. The quantitative estimate of drug-likeness (QED) is 0.710. The lowest BCUT2D eigenvalue weighted by atomic mass is 10.0. The summed E-state index contributed by atoms with van der Waals surface area (Å²) in [6.07, 6.45) is 1.17. The van der Waals surface area contributed by atoms with E-state index in [9.17, 15) is 8.78 Å². The number of hydrogen-bond acceptors (Lipinski definition) is 1. The Labute approximate surface area is 131 Å². The SMILES string of the molecule is CC(C)Cc1ccc(F)cc1.CC(C)Oc1ccc(F)cc1. The van der Waals surface area contributed by atoms with Crippen molar-refractivity contribution in [3.05, 3.63) is 65.7 Å². The minimum atomic E-state index is -0.235. The molecule has 0 unspecified atom stereocenters. The third kappa shape index (κ3) is 7.77. The van der Waals surface area contributed by atoms with Crippen LogP contribution in [0.1, 0.15) is 33.3 Å². The van der Waals surface area contributed by atoms with Crippen LogP contribution in [0.3, 0.4) is 0 Å². The smallest absolute Gasteiger partial charge is 0.123 e. The number of halogens is 2. The van der Waals surface area contributed by atoms with Gasteiger partial charge in [0.2, 0.25) is 0 Å². The Hall–Kier alpha value is -1.90. The van der Waals surface area contributed by atoms with E-state index in [0.717, 1.165) is 6.42 Å². The highest BCUT2D eigenvalue weighted by Crippen LogP contribution is 2.12. The molecule has 0 aromatic heterocycles. The topological polar surface area (TPSA) is 9.23 Å². The summed E-state index contributed by atoms with van der Waals surface area (Å²) in [5.74, 6) is 0.959. The second-order valence-corrected chi connectivity index (χ2v) is 5.84. The fourth-order valence-electron chi connectivity index (χ4n) is 1.88. The van der Waals surface area contributed by atoms with Gasteiger partial charge in [-0.05, 0) is 68.1 Å². The van der Waals surface area contributed by atoms with Crippen molar-refractivity contribution in [2.45, 2.75) is 40.2 Å². The molecule has 0 atom stereocenters. The fourth-order valence-corrected chi connectivity index (χ4v) is 1.88. The summed E-state index contributed by atoms with van der Waals surface area (Å²) in [5.41, 5.74) is 1.21. The van der Waals surface area contributed by atoms with Crippen molar-refractivity contribution in [3.8, 4) is 5.75 Å². The van der Waals surface area contributed by atoms with Crippen LogP contribution in [0.25, 0.3) is 0 Å². The summed E-state index contributed by atoms with van der Waals surface area (Å²) >= 11 is 0. The Morgan fingerprint density at radius 2 is 1.23 bits per heavy atom. The standard InChI is InChI=1S/C10H13F.C9H11FO/c1-8(2)7-9-3-5-10(11)6-4-9;1-7(2)11-9-5-3-8(10)4-6-9/h3-6,8H,7H2,1-2H3;3-7H,1-2H3. The molecule has 2 aromatic rings. The Morgan fingerprint density at radius 3 is 1.64 bits per heavy atom. The Balaban J connectivity index is 0.000000220. The van der Waals surface area contributed by atoms with Crippen molar-refractivity contribution >= 4 is 0 Å². The molecule has 0 radical (unpaired) electrons. The van der Waals surface area contributed by atoms with Crippen molar-refractivity contribution in [2.24, 2.45) is 5.92 Å². The molecule has 2 rings (SSSR count). The van der Waals surface area contributed by atoms with E-state index in [1.54, 1.807) is 12.1 Å². The molecule has 0 amide bonds. The maximum Gasteiger partial charge on any atom is 0.123 e. The van der Waals surface area contributed by atoms with Crippen LogP contribution < -0.4 is 4.74 Å². The normalized spacial score (nSPS) is 10.4. The van der Waals surface area contributed by atoms with Gasteiger partial charge in [0.15, 0.2) is 0 Å². The van der Waals surface area contributed by atoms with Crippen LogP contribution in [0.4, 0.5) is 8.78 Å². The van der Waals surface area contributed by atoms with Crippen LogP contribution in [0, 0.1) is 17.6 Å². The first-order valence-corrected chi connectivity index (χ1v) is 7.53. The summed E-state index contributed by atoms with van der Waals surface area (Å²) in [6.45, 7) is 8.18. The van der Waals surface area contributed by atoms with E-state index in [4.69, 9.17) is 4.74 Å².